The van der Waals surface area contributed by atoms with Crippen molar-refractivity contribution in [3.05, 3.63) is 72.6 Å². The van der Waals surface area contributed by atoms with Crippen LogP contribution in [0.1, 0.15) is 12.8 Å². The molecular formula is C28H34F2N4O6. The Kier molecular flexibility index (Phi) is 10.7. The lowest BCUT2D eigenvalue weighted by Gasteiger charge is -2.28. The SMILES string of the molecule is C=C(/C=C1/CN(C2CCC(=O)NC2=O)C(=O)C1=C)CNC(=O)C(F)(F)C(=C)/C=C\C=C\OCCN1CCOCC1. The van der Waals surface area contributed by atoms with Crippen molar-refractivity contribution in [1.29, 1.82) is 0 Å². The number of piperidine rings is 1. The molecule has 0 bridgehead atoms. The zero-order valence-corrected chi connectivity index (χ0v) is 22.3. The molecule has 3 heterocycles. The van der Waals surface area contributed by atoms with Crippen LogP contribution in [-0.4, -0.2) is 97.9 Å². The van der Waals surface area contributed by atoms with Gasteiger partial charge in [0.05, 0.1) is 26.1 Å². The monoisotopic (exact) mass is 560 g/mol. The molecule has 10 nitrogen and oxygen atoms in total. The Hall–Kier alpha value is -3.90. The number of morpholine rings is 1. The zero-order valence-electron chi connectivity index (χ0n) is 22.3. The van der Waals surface area contributed by atoms with E-state index < -0.39 is 41.2 Å². The van der Waals surface area contributed by atoms with Gasteiger partial charge in [-0.25, -0.2) is 0 Å². The molecular weight excluding hydrogens is 526 g/mol. The molecule has 4 amide bonds. The fraction of sp³-hybridized carbons (Fsp3) is 0.429. The molecule has 3 fully saturated rings. The molecule has 2 N–H and O–H groups in total. The molecule has 216 valence electrons. The van der Waals surface area contributed by atoms with E-state index in [0.29, 0.717) is 25.4 Å². The van der Waals surface area contributed by atoms with Crippen LogP contribution in [0.4, 0.5) is 8.78 Å². The highest BCUT2D eigenvalue weighted by atomic mass is 19.3. The molecule has 3 aliphatic heterocycles. The summed E-state index contributed by atoms with van der Waals surface area (Å²) >= 11 is 0. The highest BCUT2D eigenvalue weighted by Gasteiger charge is 2.41. The Morgan fingerprint density at radius 2 is 1.93 bits per heavy atom. The number of carbonyl (C=O) groups is 4. The van der Waals surface area contributed by atoms with E-state index in [2.05, 4.69) is 35.3 Å². The number of nitrogens with zero attached hydrogens (tertiary/aromatic N) is 2. The molecule has 3 aliphatic rings. The summed E-state index contributed by atoms with van der Waals surface area (Å²) in [6.07, 6.45) is 6.90. The molecule has 0 aromatic carbocycles. The number of hydrogen-bond acceptors (Lipinski definition) is 7. The molecule has 0 saturated carbocycles. The van der Waals surface area contributed by atoms with E-state index in [-0.39, 0.29) is 37.1 Å². The van der Waals surface area contributed by atoms with E-state index in [9.17, 15) is 28.0 Å². The molecule has 3 rings (SSSR count). The molecule has 0 aromatic rings. The average Bonchev–Trinajstić information content (AvgIpc) is 3.19. The van der Waals surface area contributed by atoms with Gasteiger partial charge in [-0.05, 0) is 23.6 Å². The summed E-state index contributed by atoms with van der Waals surface area (Å²) in [4.78, 5) is 51.8. The standard InChI is InChI=1S/C28H34F2N4O6/c1-19(16-22-18-34(26(37)21(22)3)23-7-8-24(35)32-25(23)36)17-31-27(38)28(29,30)20(2)6-4-5-12-39-13-9-33-10-14-40-15-11-33/h4-6,12,16,23H,1-3,7-11,13-15,17-18H2,(H,31,38)(H,32,35,36)/b6-4-,12-5+,22-16-. The van der Waals surface area contributed by atoms with Gasteiger partial charge in [-0.2, -0.15) is 8.78 Å². The fourth-order valence-corrected chi connectivity index (χ4v) is 4.23. The zero-order chi connectivity index (χ0) is 29.3. The number of hydrogen-bond donors (Lipinski definition) is 2. The maximum Gasteiger partial charge on any atom is 0.349 e. The van der Waals surface area contributed by atoms with Crippen molar-refractivity contribution < 1.29 is 37.4 Å². The van der Waals surface area contributed by atoms with Crippen molar-refractivity contribution in [2.45, 2.75) is 24.8 Å². The molecule has 12 heteroatoms. The number of amides is 4. The average molecular weight is 561 g/mol. The Balaban J connectivity index is 1.44. The van der Waals surface area contributed by atoms with Crippen molar-refractivity contribution in [2.24, 2.45) is 0 Å². The molecule has 0 spiro atoms. The number of rotatable bonds is 12. The lowest BCUT2D eigenvalue weighted by Crippen LogP contribution is -2.52. The number of halogens is 2. The predicted molar refractivity (Wildman–Crippen MR) is 143 cm³/mol. The van der Waals surface area contributed by atoms with E-state index >= 15 is 0 Å². The maximum absolute atomic E-state index is 14.5. The van der Waals surface area contributed by atoms with Gasteiger partial charge in [0.25, 0.3) is 11.8 Å². The van der Waals surface area contributed by atoms with Gasteiger partial charge in [-0.3, -0.25) is 29.4 Å². The number of carbonyl (C=O) groups excluding carboxylic acids is 4. The van der Waals surface area contributed by atoms with Crippen LogP contribution in [0.3, 0.4) is 0 Å². The number of ether oxygens (including phenoxy) is 2. The van der Waals surface area contributed by atoms with Crippen molar-refractivity contribution in [1.82, 2.24) is 20.4 Å². The number of nitrogens with one attached hydrogen (secondary N) is 2. The second-order valence-electron chi connectivity index (χ2n) is 9.50. The van der Waals surface area contributed by atoms with E-state index in [1.165, 1.54) is 29.4 Å². The van der Waals surface area contributed by atoms with E-state index in [1.807, 2.05) is 0 Å². The molecule has 40 heavy (non-hydrogen) atoms. The summed E-state index contributed by atoms with van der Waals surface area (Å²) in [6.45, 7) is 14.8. The minimum Gasteiger partial charge on any atom is -0.500 e. The van der Waals surface area contributed by atoms with Crippen LogP contribution < -0.4 is 10.6 Å². The van der Waals surface area contributed by atoms with Gasteiger partial charge in [0.15, 0.2) is 0 Å². The van der Waals surface area contributed by atoms with Gasteiger partial charge in [0.2, 0.25) is 11.8 Å². The summed E-state index contributed by atoms with van der Waals surface area (Å²) in [5.74, 6) is -6.86. The topological polar surface area (TPSA) is 117 Å². The van der Waals surface area contributed by atoms with Crippen LogP contribution in [0.5, 0.6) is 0 Å². The van der Waals surface area contributed by atoms with E-state index in [4.69, 9.17) is 9.47 Å². The van der Waals surface area contributed by atoms with Crippen LogP contribution >= 0.6 is 0 Å². The van der Waals surface area contributed by atoms with Crippen molar-refractivity contribution in [3.8, 4) is 0 Å². The highest BCUT2D eigenvalue weighted by Crippen LogP contribution is 2.28. The minimum atomic E-state index is -3.87. The van der Waals surface area contributed by atoms with Crippen molar-refractivity contribution in [3.63, 3.8) is 0 Å². The Morgan fingerprint density at radius 3 is 2.62 bits per heavy atom. The lowest BCUT2D eigenvalue weighted by atomic mass is 10.0. The van der Waals surface area contributed by atoms with Crippen LogP contribution in [0.2, 0.25) is 0 Å². The van der Waals surface area contributed by atoms with Crippen molar-refractivity contribution in [2.75, 3.05) is 52.5 Å². The first-order valence-corrected chi connectivity index (χ1v) is 12.8. The highest BCUT2D eigenvalue weighted by molar-refractivity contribution is 6.06. The summed E-state index contributed by atoms with van der Waals surface area (Å²) in [7, 11) is 0. The summed E-state index contributed by atoms with van der Waals surface area (Å²) < 4.78 is 39.7. The van der Waals surface area contributed by atoms with E-state index in [0.717, 1.165) is 25.7 Å². The van der Waals surface area contributed by atoms with Crippen molar-refractivity contribution >= 4 is 23.6 Å². The number of alkyl halides is 2. The van der Waals surface area contributed by atoms with Crippen LogP contribution in [0.25, 0.3) is 0 Å². The molecule has 0 aromatic heterocycles. The third-order valence-electron chi connectivity index (χ3n) is 6.59. The number of likely N-dealkylation sites (tertiary alicyclic amines) is 1. The first-order chi connectivity index (χ1) is 19.0. The minimum absolute atomic E-state index is 0.0408. The lowest BCUT2D eigenvalue weighted by molar-refractivity contribution is -0.142. The van der Waals surface area contributed by atoms with Gasteiger partial charge < -0.3 is 19.7 Å². The third-order valence-corrected chi connectivity index (χ3v) is 6.59. The Morgan fingerprint density at radius 1 is 1.20 bits per heavy atom. The number of allylic oxidation sites excluding steroid dienone is 3. The fourth-order valence-electron chi connectivity index (χ4n) is 4.23. The van der Waals surface area contributed by atoms with Gasteiger partial charge >= 0.3 is 5.92 Å². The third kappa shape index (κ3) is 8.06. The smallest absolute Gasteiger partial charge is 0.349 e. The second-order valence-corrected chi connectivity index (χ2v) is 9.50. The molecule has 0 aliphatic carbocycles. The molecule has 1 atom stereocenters. The van der Waals surface area contributed by atoms with Gasteiger partial charge in [-0.1, -0.05) is 38.0 Å². The van der Waals surface area contributed by atoms with Crippen LogP contribution in [-0.2, 0) is 28.7 Å². The van der Waals surface area contributed by atoms with E-state index in [1.54, 1.807) is 0 Å². The molecule has 3 saturated heterocycles. The van der Waals surface area contributed by atoms with Crippen LogP contribution in [0.15, 0.2) is 72.6 Å². The molecule has 0 radical (unpaired) electrons. The van der Waals surface area contributed by atoms with Gasteiger partial charge in [0.1, 0.15) is 6.04 Å². The summed E-state index contributed by atoms with van der Waals surface area (Å²) in [6, 6.07) is -0.810. The first-order valence-electron chi connectivity index (χ1n) is 12.8. The Bertz CT molecular complexity index is 1150. The normalized spacial score (nSPS) is 21.9. The predicted octanol–water partition coefficient (Wildman–Crippen LogP) is 1.40. The van der Waals surface area contributed by atoms with Crippen LogP contribution in [0, 0.1) is 0 Å². The molecule has 1 unspecified atom stereocenters. The van der Waals surface area contributed by atoms with Gasteiger partial charge in [0, 0.05) is 50.3 Å². The maximum atomic E-state index is 14.5. The largest absolute Gasteiger partial charge is 0.500 e. The first kappa shape index (κ1) is 30.6. The number of imide groups is 1. The quantitative estimate of drug-likeness (QED) is 0.122. The summed E-state index contributed by atoms with van der Waals surface area (Å²) in [5, 5.41) is 4.33. The van der Waals surface area contributed by atoms with Gasteiger partial charge in [-0.15, -0.1) is 0 Å². The second kappa shape index (κ2) is 13.9. The summed E-state index contributed by atoms with van der Waals surface area (Å²) in [5.41, 5.74) is 0.101. The Labute approximate surface area is 231 Å².